The molecular formula is C18H28ClN5O2. The zero-order valence-corrected chi connectivity index (χ0v) is 16.5. The molecule has 0 bridgehead atoms. The maximum atomic E-state index is 11.1. The first-order chi connectivity index (χ1) is 12.0. The number of hydrogen-bond donors (Lipinski definition) is 0. The second-order valence-electron chi connectivity index (χ2n) is 7.13. The molecule has 0 amide bonds. The molecule has 2 aromatic rings. The van der Waals surface area contributed by atoms with Gasteiger partial charge in [0.05, 0.1) is 22.0 Å². The Labute approximate surface area is 160 Å². The number of rotatable bonds is 7. The van der Waals surface area contributed by atoms with Crippen molar-refractivity contribution < 1.29 is 4.92 Å². The monoisotopic (exact) mass is 381 g/mol. The fourth-order valence-corrected chi connectivity index (χ4v) is 3.64. The molecule has 8 heteroatoms. The number of likely N-dealkylation sites (tertiary alicyclic amines) is 1. The second-order valence-corrected chi connectivity index (χ2v) is 7.13. The Balaban J connectivity index is 0.00000243. The Kier molecular flexibility index (Phi) is 6.97. The summed E-state index contributed by atoms with van der Waals surface area (Å²) in [5.74, 6) is 1.02. The van der Waals surface area contributed by atoms with Gasteiger partial charge in [-0.25, -0.2) is 4.98 Å². The minimum atomic E-state index is -0.353. The third kappa shape index (κ3) is 4.34. The van der Waals surface area contributed by atoms with Crippen LogP contribution in [0.2, 0.25) is 0 Å². The topological polar surface area (TPSA) is 67.4 Å². The molecule has 1 atom stereocenters. The molecule has 1 saturated heterocycles. The number of aryl methyl sites for hydroxylation is 1. The van der Waals surface area contributed by atoms with Gasteiger partial charge in [-0.05, 0) is 66.0 Å². The number of fused-ring (bicyclic) bond motifs is 1. The van der Waals surface area contributed by atoms with Crippen molar-refractivity contribution in [3.63, 3.8) is 0 Å². The summed E-state index contributed by atoms with van der Waals surface area (Å²) in [5, 5.41) is 11.1. The van der Waals surface area contributed by atoms with Gasteiger partial charge in [-0.3, -0.25) is 15.0 Å². The van der Waals surface area contributed by atoms with Gasteiger partial charge in [0.15, 0.2) is 0 Å². The van der Waals surface area contributed by atoms with Crippen LogP contribution in [-0.2, 0) is 6.54 Å². The van der Waals surface area contributed by atoms with Crippen molar-refractivity contribution in [2.24, 2.45) is 0 Å². The zero-order valence-electron chi connectivity index (χ0n) is 15.7. The van der Waals surface area contributed by atoms with Gasteiger partial charge in [-0.2, -0.15) is 0 Å². The zero-order chi connectivity index (χ0) is 18.0. The summed E-state index contributed by atoms with van der Waals surface area (Å²) < 4.78 is 2.26. The molecule has 1 aromatic carbocycles. The molecule has 144 valence electrons. The van der Waals surface area contributed by atoms with Crippen molar-refractivity contribution in [1.29, 1.82) is 0 Å². The molecule has 1 fully saturated rings. The van der Waals surface area contributed by atoms with Crippen LogP contribution >= 0.6 is 12.4 Å². The van der Waals surface area contributed by atoms with Gasteiger partial charge in [-0.15, -0.1) is 12.4 Å². The average Bonchev–Trinajstić information content (AvgIpc) is 3.21. The summed E-state index contributed by atoms with van der Waals surface area (Å²) >= 11 is 0. The highest BCUT2D eigenvalue weighted by molar-refractivity contribution is 5.85. The third-order valence-corrected chi connectivity index (χ3v) is 5.02. The average molecular weight is 382 g/mol. The van der Waals surface area contributed by atoms with Gasteiger partial charge in [0.2, 0.25) is 0 Å². The van der Waals surface area contributed by atoms with E-state index in [0.29, 0.717) is 0 Å². The van der Waals surface area contributed by atoms with E-state index in [1.165, 1.54) is 12.8 Å². The second kappa shape index (κ2) is 8.79. The number of halogens is 1. The van der Waals surface area contributed by atoms with E-state index >= 15 is 0 Å². The number of hydrogen-bond acceptors (Lipinski definition) is 5. The van der Waals surface area contributed by atoms with Gasteiger partial charge in [-0.1, -0.05) is 0 Å². The molecular weight excluding hydrogens is 354 g/mol. The van der Waals surface area contributed by atoms with Crippen LogP contribution in [0.15, 0.2) is 18.2 Å². The largest absolute Gasteiger partial charge is 0.327 e. The molecule has 1 aliphatic rings. The smallest absolute Gasteiger partial charge is 0.271 e. The Morgan fingerprint density at radius 2 is 2.00 bits per heavy atom. The number of nitro benzene ring substituents is 1. The molecule has 0 N–H and O–H groups in total. The number of nitrogens with zero attached hydrogens (tertiary/aromatic N) is 5. The number of aromatic nitrogens is 2. The summed E-state index contributed by atoms with van der Waals surface area (Å²) in [5.41, 5.74) is 1.82. The molecule has 0 spiro atoms. The van der Waals surface area contributed by atoms with Crippen LogP contribution in [0.3, 0.4) is 0 Å². The van der Waals surface area contributed by atoms with Crippen LogP contribution in [0.25, 0.3) is 11.0 Å². The Morgan fingerprint density at radius 1 is 1.31 bits per heavy atom. The van der Waals surface area contributed by atoms with Crippen molar-refractivity contribution in [2.75, 3.05) is 33.7 Å². The van der Waals surface area contributed by atoms with Crippen LogP contribution in [0, 0.1) is 10.1 Å². The predicted molar refractivity (Wildman–Crippen MR) is 106 cm³/mol. The SMILES string of the molecule is CC(c1nc2cc([N+](=O)[O-])ccc2n1CCCN(C)C)N1CCCC1.Cl. The first-order valence-electron chi connectivity index (χ1n) is 9.00. The highest BCUT2D eigenvalue weighted by Crippen LogP contribution is 2.29. The fraction of sp³-hybridized carbons (Fsp3) is 0.611. The van der Waals surface area contributed by atoms with E-state index in [1.807, 2.05) is 6.07 Å². The number of imidazole rings is 1. The van der Waals surface area contributed by atoms with E-state index in [0.717, 1.165) is 49.5 Å². The van der Waals surface area contributed by atoms with Crippen LogP contribution in [0.4, 0.5) is 5.69 Å². The standard InChI is InChI=1S/C18H27N5O2.ClH/c1-14(21-10-4-5-11-21)18-19-16-13-15(23(24)25)7-8-17(16)22(18)12-6-9-20(2)3;/h7-8,13-14H,4-6,9-12H2,1-3H3;1H. The molecule has 1 aliphatic heterocycles. The highest BCUT2D eigenvalue weighted by Gasteiger charge is 2.25. The van der Waals surface area contributed by atoms with E-state index in [9.17, 15) is 10.1 Å². The van der Waals surface area contributed by atoms with E-state index in [2.05, 4.69) is 35.4 Å². The van der Waals surface area contributed by atoms with Crippen molar-refractivity contribution >= 4 is 29.1 Å². The number of nitro groups is 1. The normalized spacial score (nSPS) is 16.2. The van der Waals surface area contributed by atoms with Gasteiger partial charge in [0, 0.05) is 18.7 Å². The Morgan fingerprint density at radius 3 is 2.62 bits per heavy atom. The van der Waals surface area contributed by atoms with Crippen molar-refractivity contribution in [1.82, 2.24) is 19.4 Å². The molecule has 3 rings (SSSR count). The van der Waals surface area contributed by atoms with Gasteiger partial charge >= 0.3 is 0 Å². The Bertz CT molecular complexity index is 755. The van der Waals surface area contributed by atoms with E-state index in [-0.39, 0.29) is 29.1 Å². The maximum Gasteiger partial charge on any atom is 0.271 e. The number of benzene rings is 1. The molecule has 26 heavy (non-hydrogen) atoms. The van der Waals surface area contributed by atoms with Crippen LogP contribution in [0.1, 0.15) is 38.1 Å². The van der Waals surface area contributed by atoms with Gasteiger partial charge < -0.3 is 9.47 Å². The predicted octanol–water partition coefficient (Wildman–Crippen LogP) is 3.47. The lowest BCUT2D eigenvalue weighted by Crippen LogP contribution is -2.26. The summed E-state index contributed by atoms with van der Waals surface area (Å²) in [4.78, 5) is 20.2. The molecule has 0 saturated carbocycles. The lowest BCUT2D eigenvalue weighted by Gasteiger charge is -2.24. The summed E-state index contributed by atoms with van der Waals surface area (Å²) in [6, 6.07) is 5.25. The Hall–Kier alpha value is -1.70. The molecule has 1 unspecified atom stereocenters. The molecule has 2 heterocycles. The quantitative estimate of drug-likeness (QED) is 0.542. The first kappa shape index (κ1) is 20.6. The van der Waals surface area contributed by atoms with Crippen LogP contribution in [0.5, 0.6) is 0 Å². The van der Waals surface area contributed by atoms with Crippen molar-refractivity contribution in [2.45, 2.75) is 38.8 Å². The third-order valence-electron chi connectivity index (χ3n) is 5.02. The number of non-ortho nitro benzene ring substituents is 1. The summed E-state index contributed by atoms with van der Waals surface area (Å²) in [6.45, 7) is 6.28. The fourth-order valence-electron chi connectivity index (χ4n) is 3.64. The van der Waals surface area contributed by atoms with Crippen molar-refractivity contribution in [3.05, 3.63) is 34.1 Å². The lowest BCUT2D eigenvalue weighted by atomic mass is 10.2. The van der Waals surface area contributed by atoms with E-state index < -0.39 is 0 Å². The van der Waals surface area contributed by atoms with Crippen LogP contribution < -0.4 is 0 Å². The molecule has 0 radical (unpaired) electrons. The minimum Gasteiger partial charge on any atom is -0.327 e. The van der Waals surface area contributed by atoms with Crippen LogP contribution in [-0.4, -0.2) is 58.0 Å². The van der Waals surface area contributed by atoms with Crippen molar-refractivity contribution in [3.8, 4) is 0 Å². The summed E-state index contributed by atoms with van der Waals surface area (Å²) in [7, 11) is 4.15. The first-order valence-corrected chi connectivity index (χ1v) is 9.00. The summed E-state index contributed by atoms with van der Waals surface area (Å²) in [6.07, 6.45) is 3.49. The van der Waals surface area contributed by atoms with E-state index in [4.69, 9.17) is 4.98 Å². The lowest BCUT2D eigenvalue weighted by molar-refractivity contribution is -0.384. The molecule has 1 aromatic heterocycles. The molecule has 0 aliphatic carbocycles. The van der Waals surface area contributed by atoms with E-state index in [1.54, 1.807) is 12.1 Å². The van der Waals surface area contributed by atoms with Gasteiger partial charge in [0.25, 0.3) is 5.69 Å². The molecule has 7 nitrogen and oxygen atoms in total. The maximum absolute atomic E-state index is 11.1. The van der Waals surface area contributed by atoms with Gasteiger partial charge in [0.1, 0.15) is 5.82 Å². The minimum absolute atomic E-state index is 0. The highest BCUT2D eigenvalue weighted by atomic mass is 35.5.